The fourth-order valence-corrected chi connectivity index (χ4v) is 2.35. The lowest BCUT2D eigenvalue weighted by molar-refractivity contribution is 0.260. The van der Waals surface area contributed by atoms with Crippen molar-refractivity contribution in [2.45, 2.75) is 13.0 Å². The Morgan fingerprint density at radius 2 is 2.21 bits per heavy atom. The van der Waals surface area contributed by atoms with Crippen LogP contribution in [0.4, 0.5) is 0 Å². The summed E-state index contributed by atoms with van der Waals surface area (Å²) >= 11 is 0. The highest BCUT2D eigenvalue weighted by Crippen LogP contribution is 2.14. The average Bonchev–Trinajstić information content (AvgIpc) is 3.09. The Morgan fingerprint density at radius 3 is 3.00 bits per heavy atom. The van der Waals surface area contributed by atoms with Crippen LogP contribution in [-0.4, -0.2) is 29.5 Å². The third kappa shape index (κ3) is 3.35. The summed E-state index contributed by atoms with van der Waals surface area (Å²) in [5, 5.41) is 7.68. The van der Waals surface area contributed by atoms with Crippen LogP contribution in [0.1, 0.15) is 12.0 Å². The molecule has 1 saturated heterocycles. The van der Waals surface area contributed by atoms with E-state index in [1.165, 1.54) is 12.0 Å². The molecule has 1 fully saturated rings. The molecule has 0 radical (unpaired) electrons. The molecule has 3 rings (SSSR count). The number of aromatic nitrogens is 2. The van der Waals surface area contributed by atoms with Crippen LogP contribution in [0, 0.1) is 5.92 Å². The molecule has 1 aromatic heterocycles. The van der Waals surface area contributed by atoms with Crippen LogP contribution in [0.25, 0.3) is 0 Å². The van der Waals surface area contributed by atoms with Crippen molar-refractivity contribution in [2.75, 3.05) is 19.7 Å². The zero-order valence-electron chi connectivity index (χ0n) is 11.0. The Balaban J connectivity index is 1.54. The minimum Gasteiger partial charge on any atom is -0.490 e. The van der Waals surface area contributed by atoms with Crippen molar-refractivity contribution >= 4 is 0 Å². The molecule has 1 aromatic carbocycles. The van der Waals surface area contributed by atoms with E-state index in [0.717, 1.165) is 32.0 Å². The van der Waals surface area contributed by atoms with E-state index >= 15 is 0 Å². The van der Waals surface area contributed by atoms with Gasteiger partial charge >= 0.3 is 0 Å². The third-order valence-electron chi connectivity index (χ3n) is 3.45. The molecule has 0 saturated carbocycles. The van der Waals surface area contributed by atoms with Gasteiger partial charge in [-0.05, 0) is 18.5 Å². The van der Waals surface area contributed by atoms with Crippen LogP contribution in [0.15, 0.2) is 42.7 Å². The fraction of sp³-hybridized carbons (Fsp3) is 0.400. The molecular formula is C15H19N3O. The molecule has 0 aliphatic carbocycles. The van der Waals surface area contributed by atoms with E-state index in [2.05, 4.69) is 22.5 Å². The number of hydrogen-bond acceptors (Lipinski definition) is 3. The average molecular weight is 257 g/mol. The van der Waals surface area contributed by atoms with Crippen LogP contribution in [0.3, 0.4) is 0 Å². The predicted octanol–water partition coefficient (Wildman–Crippen LogP) is 1.92. The molecule has 1 unspecified atom stereocenters. The van der Waals surface area contributed by atoms with Gasteiger partial charge in [0.2, 0.25) is 0 Å². The number of rotatable bonds is 5. The smallest absolute Gasteiger partial charge is 0.157 e. The second-order valence-electron chi connectivity index (χ2n) is 5.03. The van der Waals surface area contributed by atoms with Crippen molar-refractivity contribution in [3.8, 4) is 5.75 Å². The van der Waals surface area contributed by atoms with Gasteiger partial charge in [-0.1, -0.05) is 30.3 Å². The van der Waals surface area contributed by atoms with Crippen molar-refractivity contribution in [2.24, 2.45) is 5.92 Å². The Labute approximate surface area is 113 Å². The summed E-state index contributed by atoms with van der Waals surface area (Å²) in [7, 11) is 0. The molecule has 1 N–H and O–H groups in total. The molecule has 4 nitrogen and oxygen atoms in total. The summed E-state index contributed by atoms with van der Waals surface area (Å²) in [6.45, 7) is 3.75. The molecule has 2 aromatic rings. The summed E-state index contributed by atoms with van der Waals surface area (Å²) in [5.74, 6) is 1.50. The van der Waals surface area contributed by atoms with E-state index in [-0.39, 0.29) is 0 Å². The summed E-state index contributed by atoms with van der Waals surface area (Å²) in [6, 6.07) is 10.3. The molecule has 0 bridgehead atoms. The highest BCUT2D eigenvalue weighted by molar-refractivity contribution is 5.17. The van der Waals surface area contributed by atoms with E-state index in [0.29, 0.717) is 5.92 Å². The zero-order valence-corrected chi connectivity index (χ0v) is 11.0. The molecule has 0 spiro atoms. The first-order valence-electron chi connectivity index (χ1n) is 6.80. The van der Waals surface area contributed by atoms with E-state index in [4.69, 9.17) is 4.74 Å². The SMILES string of the molecule is c1ccc(Cn2cc(OCC3CCNC3)cn2)cc1. The van der Waals surface area contributed by atoms with Crippen LogP contribution >= 0.6 is 0 Å². The quantitative estimate of drug-likeness (QED) is 0.889. The Bertz CT molecular complexity index is 503. The van der Waals surface area contributed by atoms with Crippen LogP contribution in [0.2, 0.25) is 0 Å². The highest BCUT2D eigenvalue weighted by Gasteiger charge is 2.15. The van der Waals surface area contributed by atoms with Gasteiger partial charge in [-0.2, -0.15) is 5.10 Å². The van der Waals surface area contributed by atoms with Crippen LogP contribution < -0.4 is 10.1 Å². The van der Waals surface area contributed by atoms with E-state index < -0.39 is 0 Å². The lowest BCUT2D eigenvalue weighted by Gasteiger charge is -2.08. The Morgan fingerprint density at radius 1 is 1.32 bits per heavy atom. The normalized spacial score (nSPS) is 18.6. The number of nitrogens with zero attached hydrogens (tertiary/aromatic N) is 2. The Kier molecular flexibility index (Phi) is 3.79. The molecule has 0 amide bonds. The lowest BCUT2D eigenvalue weighted by atomic mass is 10.1. The van der Waals surface area contributed by atoms with Crippen molar-refractivity contribution in [1.82, 2.24) is 15.1 Å². The number of benzene rings is 1. The second-order valence-corrected chi connectivity index (χ2v) is 5.03. The maximum absolute atomic E-state index is 5.78. The summed E-state index contributed by atoms with van der Waals surface area (Å²) in [5.41, 5.74) is 1.25. The minimum atomic E-state index is 0.637. The number of hydrogen-bond donors (Lipinski definition) is 1. The van der Waals surface area contributed by atoms with Crippen molar-refractivity contribution < 1.29 is 4.74 Å². The topological polar surface area (TPSA) is 39.1 Å². The van der Waals surface area contributed by atoms with Gasteiger partial charge in [0.05, 0.1) is 25.5 Å². The minimum absolute atomic E-state index is 0.637. The van der Waals surface area contributed by atoms with Gasteiger partial charge in [0.25, 0.3) is 0 Å². The molecule has 19 heavy (non-hydrogen) atoms. The standard InChI is InChI=1S/C15H19N3O/c1-2-4-13(5-3-1)10-18-11-15(9-17-18)19-12-14-6-7-16-8-14/h1-5,9,11,14,16H,6-8,10,12H2. The summed E-state index contributed by atoms with van der Waals surface area (Å²) < 4.78 is 7.70. The van der Waals surface area contributed by atoms with Gasteiger partial charge in [0.1, 0.15) is 0 Å². The van der Waals surface area contributed by atoms with Gasteiger partial charge in [0, 0.05) is 12.5 Å². The first-order chi connectivity index (χ1) is 9.40. The Hall–Kier alpha value is -1.81. The summed E-state index contributed by atoms with van der Waals surface area (Å²) in [4.78, 5) is 0. The monoisotopic (exact) mass is 257 g/mol. The van der Waals surface area contributed by atoms with Gasteiger partial charge < -0.3 is 10.1 Å². The van der Waals surface area contributed by atoms with Crippen molar-refractivity contribution in [3.05, 3.63) is 48.3 Å². The van der Waals surface area contributed by atoms with E-state index in [9.17, 15) is 0 Å². The molecule has 1 aliphatic rings. The third-order valence-corrected chi connectivity index (χ3v) is 3.45. The van der Waals surface area contributed by atoms with E-state index in [1.807, 2.05) is 29.1 Å². The predicted molar refractivity (Wildman–Crippen MR) is 74.2 cm³/mol. The van der Waals surface area contributed by atoms with Crippen LogP contribution in [0.5, 0.6) is 5.75 Å². The molecule has 1 atom stereocenters. The van der Waals surface area contributed by atoms with Gasteiger partial charge in [-0.3, -0.25) is 4.68 Å². The van der Waals surface area contributed by atoms with Gasteiger partial charge in [-0.25, -0.2) is 0 Å². The largest absolute Gasteiger partial charge is 0.490 e. The number of ether oxygens (including phenoxy) is 1. The van der Waals surface area contributed by atoms with Crippen LogP contribution in [-0.2, 0) is 6.54 Å². The summed E-state index contributed by atoms with van der Waals surface area (Å²) in [6.07, 6.45) is 4.97. The first-order valence-corrected chi connectivity index (χ1v) is 6.80. The first kappa shape index (κ1) is 12.2. The van der Waals surface area contributed by atoms with E-state index in [1.54, 1.807) is 6.20 Å². The fourth-order valence-electron chi connectivity index (χ4n) is 2.35. The van der Waals surface area contributed by atoms with Crippen molar-refractivity contribution in [1.29, 1.82) is 0 Å². The highest BCUT2D eigenvalue weighted by atomic mass is 16.5. The molecule has 100 valence electrons. The number of nitrogens with one attached hydrogen (secondary N) is 1. The maximum Gasteiger partial charge on any atom is 0.157 e. The molecule has 4 heteroatoms. The van der Waals surface area contributed by atoms with Gasteiger partial charge in [-0.15, -0.1) is 0 Å². The molecule has 1 aliphatic heterocycles. The van der Waals surface area contributed by atoms with Gasteiger partial charge in [0.15, 0.2) is 5.75 Å². The lowest BCUT2D eigenvalue weighted by Crippen LogP contribution is -2.15. The molecular weight excluding hydrogens is 238 g/mol. The second kappa shape index (κ2) is 5.89. The molecule has 2 heterocycles. The maximum atomic E-state index is 5.78. The zero-order chi connectivity index (χ0) is 12.9. The van der Waals surface area contributed by atoms with Crippen molar-refractivity contribution in [3.63, 3.8) is 0 Å².